The molecule has 1 aliphatic heterocycles. The maximum Gasteiger partial charge on any atom is 0.323 e. The van der Waals surface area contributed by atoms with Crippen LogP contribution in [0.2, 0.25) is 0 Å². The highest BCUT2D eigenvalue weighted by Gasteiger charge is 2.29. The Morgan fingerprint density at radius 2 is 1.94 bits per heavy atom. The third-order valence-electron chi connectivity index (χ3n) is 6.15. The average Bonchev–Trinajstić information content (AvgIpc) is 2.86. The van der Waals surface area contributed by atoms with Crippen LogP contribution in [0.1, 0.15) is 26.2 Å². The van der Waals surface area contributed by atoms with Crippen LogP contribution in [0.3, 0.4) is 0 Å². The molecule has 2 heterocycles. The molecule has 35 heavy (non-hydrogen) atoms. The highest BCUT2D eigenvalue weighted by Crippen LogP contribution is 2.34. The molecule has 2 N–H and O–H groups in total. The second kappa shape index (κ2) is 10.9. The fourth-order valence-electron chi connectivity index (χ4n) is 4.06. The Labute approximate surface area is 205 Å². The predicted octanol–water partition coefficient (Wildman–Crippen LogP) is 4.10. The van der Waals surface area contributed by atoms with Gasteiger partial charge in [-0.3, -0.25) is 5.32 Å². The van der Waals surface area contributed by atoms with Gasteiger partial charge in [-0.15, -0.1) is 0 Å². The summed E-state index contributed by atoms with van der Waals surface area (Å²) in [6.45, 7) is 3.98. The van der Waals surface area contributed by atoms with E-state index in [1.165, 1.54) is 0 Å². The molecule has 0 aliphatic carbocycles. The SMILES string of the molecule is COCCCOc1cccc(-c2ccc(OC)c3nc(NC(=O)N4CCC(C)(O)CC4)cnc23)c1. The first-order valence-electron chi connectivity index (χ1n) is 11.7. The Balaban J connectivity index is 1.57. The van der Waals surface area contributed by atoms with E-state index in [9.17, 15) is 9.90 Å². The Bertz CT molecular complexity index is 1170. The van der Waals surface area contributed by atoms with Gasteiger partial charge in [0.1, 0.15) is 22.5 Å². The molecule has 1 aliphatic rings. The van der Waals surface area contributed by atoms with Crippen molar-refractivity contribution in [1.82, 2.24) is 14.9 Å². The molecular formula is C26H32N4O5. The van der Waals surface area contributed by atoms with Crippen molar-refractivity contribution in [2.24, 2.45) is 0 Å². The molecule has 3 aromatic rings. The molecule has 4 rings (SSSR count). The molecular weight excluding hydrogens is 448 g/mol. The van der Waals surface area contributed by atoms with Crippen LogP contribution >= 0.6 is 0 Å². The Hall–Kier alpha value is -3.43. The number of amides is 2. The van der Waals surface area contributed by atoms with E-state index in [1.54, 1.807) is 32.2 Å². The van der Waals surface area contributed by atoms with Crippen LogP contribution in [-0.2, 0) is 4.74 Å². The molecule has 1 aromatic heterocycles. The number of anilines is 1. The summed E-state index contributed by atoms with van der Waals surface area (Å²) in [5, 5.41) is 13.0. The molecule has 0 atom stereocenters. The van der Waals surface area contributed by atoms with Gasteiger partial charge in [-0.2, -0.15) is 0 Å². The fourth-order valence-corrected chi connectivity index (χ4v) is 4.06. The lowest BCUT2D eigenvalue weighted by molar-refractivity contribution is 0.00569. The molecule has 0 unspecified atom stereocenters. The second-order valence-electron chi connectivity index (χ2n) is 8.90. The molecule has 2 amide bonds. The van der Waals surface area contributed by atoms with Crippen molar-refractivity contribution in [2.75, 3.05) is 45.8 Å². The smallest absolute Gasteiger partial charge is 0.323 e. The normalized spacial score (nSPS) is 15.1. The zero-order valence-corrected chi connectivity index (χ0v) is 20.4. The quantitative estimate of drug-likeness (QED) is 0.468. The summed E-state index contributed by atoms with van der Waals surface area (Å²) in [7, 11) is 3.25. The summed E-state index contributed by atoms with van der Waals surface area (Å²) >= 11 is 0. The number of aromatic nitrogens is 2. The molecule has 0 saturated carbocycles. The van der Waals surface area contributed by atoms with E-state index >= 15 is 0 Å². The Morgan fingerprint density at radius 3 is 2.69 bits per heavy atom. The van der Waals surface area contributed by atoms with Crippen LogP contribution in [0, 0.1) is 0 Å². The first-order chi connectivity index (χ1) is 16.9. The number of methoxy groups -OCH3 is 2. The van der Waals surface area contributed by atoms with Crippen molar-refractivity contribution < 1.29 is 24.1 Å². The standard InChI is InChI=1S/C26H32N4O5/c1-26(32)10-12-30(13-11-26)25(31)29-22-17-27-23-20(8-9-21(34-3)24(23)28-22)18-6-4-7-19(16-18)35-15-5-14-33-2/h4,6-9,16-17,32H,5,10-15H2,1-3H3,(H,28,29,31). The number of hydrogen-bond donors (Lipinski definition) is 2. The minimum absolute atomic E-state index is 0.261. The van der Waals surface area contributed by atoms with Crippen LogP contribution in [0.15, 0.2) is 42.6 Å². The van der Waals surface area contributed by atoms with Gasteiger partial charge in [0.05, 0.1) is 25.5 Å². The van der Waals surface area contributed by atoms with E-state index < -0.39 is 5.60 Å². The molecule has 186 valence electrons. The van der Waals surface area contributed by atoms with Gasteiger partial charge in [-0.1, -0.05) is 12.1 Å². The molecule has 1 saturated heterocycles. The Morgan fingerprint density at radius 1 is 1.14 bits per heavy atom. The van der Waals surface area contributed by atoms with Crippen molar-refractivity contribution in [2.45, 2.75) is 31.8 Å². The zero-order chi connectivity index (χ0) is 24.8. The number of rotatable bonds is 8. The number of likely N-dealkylation sites (tertiary alicyclic amines) is 1. The van der Waals surface area contributed by atoms with Crippen LogP contribution in [0.25, 0.3) is 22.2 Å². The number of carbonyl (C=O) groups excluding carboxylic acids is 1. The van der Waals surface area contributed by atoms with Gasteiger partial charge in [0.25, 0.3) is 0 Å². The van der Waals surface area contributed by atoms with Gasteiger partial charge in [0.15, 0.2) is 5.82 Å². The molecule has 0 bridgehead atoms. The first-order valence-corrected chi connectivity index (χ1v) is 11.7. The third-order valence-corrected chi connectivity index (χ3v) is 6.15. The van der Waals surface area contributed by atoms with Crippen molar-refractivity contribution in [3.8, 4) is 22.6 Å². The van der Waals surface area contributed by atoms with Gasteiger partial charge in [-0.05, 0) is 49.6 Å². The molecule has 1 fully saturated rings. The largest absolute Gasteiger partial charge is 0.494 e. The van der Waals surface area contributed by atoms with E-state index in [-0.39, 0.29) is 6.03 Å². The summed E-state index contributed by atoms with van der Waals surface area (Å²) in [6.07, 6.45) is 3.43. The molecule has 9 nitrogen and oxygen atoms in total. The van der Waals surface area contributed by atoms with Gasteiger partial charge in [0, 0.05) is 38.8 Å². The summed E-state index contributed by atoms with van der Waals surface area (Å²) < 4.78 is 16.5. The van der Waals surface area contributed by atoms with Crippen LogP contribution in [-0.4, -0.2) is 72.1 Å². The summed E-state index contributed by atoms with van der Waals surface area (Å²) in [5.74, 6) is 1.67. The lowest BCUT2D eigenvalue weighted by atomic mass is 9.94. The third kappa shape index (κ3) is 5.98. The second-order valence-corrected chi connectivity index (χ2v) is 8.90. The number of nitrogens with zero attached hydrogens (tertiary/aromatic N) is 3. The summed E-state index contributed by atoms with van der Waals surface area (Å²) in [4.78, 5) is 23.7. The topological polar surface area (TPSA) is 106 Å². The van der Waals surface area contributed by atoms with Gasteiger partial charge in [0.2, 0.25) is 0 Å². The maximum absolute atomic E-state index is 12.7. The van der Waals surface area contributed by atoms with Crippen molar-refractivity contribution >= 4 is 22.9 Å². The number of carbonyl (C=O) groups is 1. The highest BCUT2D eigenvalue weighted by molar-refractivity contribution is 5.97. The number of hydrogen-bond acceptors (Lipinski definition) is 7. The van der Waals surface area contributed by atoms with Crippen LogP contribution in [0.4, 0.5) is 10.6 Å². The lowest BCUT2D eigenvalue weighted by Gasteiger charge is -2.35. The van der Waals surface area contributed by atoms with Crippen LogP contribution in [0.5, 0.6) is 11.5 Å². The number of benzene rings is 2. The van der Waals surface area contributed by atoms with Gasteiger partial charge < -0.3 is 24.2 Å². The maximum atomic E-state index is 12.7. The predicted molar refractivity (Wildman–Crippen MR) is 134 cm³/mol. The number of aliphatic hydroxyl groups is 1. The number of ether oxygens (including phenoxy) is 3. The Kier molecular flexibility index (Phi) is 7.67. The van der Waals surface area contributed by atoms with Crippen LogP contribution < -0.4 is 14.8 Å². The monoisotopic (exact) mass is 480 g/mol. The number of nitrogens with one attached hydrogen (secondary N) is 1. The van der Waals surface area contributed by atoms with Crippen molar-refractivity contribution in [3.05, 3.63) is 42.6 Å². The number of fused-ring (bicyclic) bond motifs is 1. The van der Waals surface area contributed by atoms with Crippen molar-refractivity contribution in [3.63, 3.8) is 0 Å². The highest BCUT2D eigenvalue weighted by atomic mass is 16.5. The van der Waals surface area contributed by atoms with Gasteiger partial charge >= 0.3 is 6.03 Å². The summed E-state index contributed by atoms with van der Waals surface area (Å²) in [5.41, 5.74) is 2.30. The zero-order valence-electron chi connectivity index (χ0n) is 20.4. The van der Waals surface area contributed by atoms with E-state index in [0.717, 1.165) is 23.3 Å². The molecule has 9 heteroatoms. The van der Waals surface area contributed by atoms with Gasteiger partial charge in [-0.25, -0.2) is 14.8 Å². The first kappa shape index (κ1) is 24.7. The average molecular weight is 481 g/mol. The molecule has 0 radical (unpaired) electrons. The number of piperidine rings is 1. The van der Waals surface area contributed by atoms with E-state index in [0.29, 0.717) is 61.7 Å². The minimum atomic E-state index is -0.727. The minimum Gasteiger partial charge on any atom is -0.494 e. The number of urea groups is 1. The van der Waals surface area contributed by atoms with Crippen molar-refractivity contribution in [1.29, 1.82) is 0 Å². The molecule has 0 spiro atoms. The summed E-state index contributed by atoms with van der Waals surface area (Å²) in [6, 6.07) is 11.3. The van der Waals surface area contributed by atoms with E-state index in [4.69, 9.17) is 14.2 Å². The van der Waals surface area contributed by atoms with E-state index in [2.05, 4.69) is 15.3 Å². The lowest BCUT2D eigenvalue weighted by Crippen LogP contribution is -2.46. The van der Waals surface area contributed by atoms with E-state index in [1.807, 2.05) is 36.4 Å². The molecule has 2 aromatic carbocycles. The fraction of sp³-hybridized carbons (Fsp3) is 0.423.